The molecule has 0 N–H and O–H groups in total. The number of aromatic nitrogens is 1. The SMILES string of the molecule is CCOC(=O)c1c(CBr)n(C)c2cc(-c3ccc4ccccc4c3)ccc12. The molecular formula is C23H20BrNO2. The molecule has 0 aliphatic heterocycles. The van der Waals surface area contributed by atoms with Gasteiger partial charge in [0.2, 0.25) is 0 Å². The number of carbonyl (C=O) groups excluding carboxylic acids is 1. The van der Waals surface area contributed by atoms with E-state index in [-0.39, 0.29) is 5.97 Å². The average Bonchev–Trinajstić information content (AvgIpc) is 2.99. The molecule has 1 heterocycles. The van der Waals surface area contributed by atoms with Crippen molar-refractivity contribution in [3.05, 3.63) is 71.9 Å². The lowest BCUT2D eigenvalue weighted by molar-refractivity contribution is 0.0527. The van der Waals surface area contributed by atoms with Crippen LogP contribution in [0.2, 0.25) is 0 Å². The Morgan fingerprint density at radius 1 is 1.00 bits per heavy atom. The summed E-state index contributed by atoms with van der Waals surface area (Å²) in [4.78, 5) is 12.5. The van der Waals surface area contributed by atoms with Crippen LogP contribution in [0.15, 0.2) is 60.7 Å². The van der Waals surface area contributed by atoms with Crippen molar-refractivity contribution in [1.29, 1.82) is 0 Å². The van der Waals surface area contributed by atoms with Gasteiger partial charge < -0.3 is 9.30 Å². The lowest BCUT2D eigenvalue weighted by Crippen LogP contribution is -2.07. The second-order valence-corrected chi connectivity index (χ2v) is 7.09. The van der Waals surface area contributed by atoms with Gasteiger partial charge in [0.05, 0.1) is 12.2 Å². The number of hydrogen-bond donors (Lipinski definition) is 0. The number of benzene rings is 3. The van der Waals surface area contributed by atoms with Crippen LogP contribution in [0.1, 0.15) is 23.0 Å². The number of aryl methyl sites for hydroxylation is 1. The van der Waals surface area contributed by atoms with E-state index in [0.717, 1.165) is 27.7 Å². The Hall–Kier alpha value is -2.59. The third kappa shape index (κ3) is 3.04. The van der Waals surface area contributed by atoms with Crippen LogP contribution in [0.5, 0.6) is 0 Å². The fraction of sp³-hybridized carbons (Fsp3) is 0.174. The number of ether oxygens (including phenoxy) is 1. The number of esters is 1. The predicted molar refractivity (Wildman–Crippen MR) is 114 cm³/mol. The highest BCUT2D eigenvalue weighted by molar-refractivity contribution is 9.08. The van der Waals surface area contributed by atoms with Crippen LogP contribution in [0.3, 0.4) is 0 Å². The van der Waals surface area contributed by atoms with Crippen molar-refractivity contribution in [2.24, 2.45) is 7.05 Å². The zero-order valence-electron chi connectivity index (χ0n) is 15.3. The van der Waals surface area contributed by atoms with Gasteiger partial charge in [0.15, 0.2) is 0 Å². The normalized spacial score (nSPS) is 11.2. The topological polar surface area (TPSA) is 31.2 Å². The van der Waals surface area contributed by atoms with E-state index in [1.54, 1.807) is 0 Å². The molecule has 4 rings (SSSR count). The van der Waals surface area contributed by atoms with E-state index in [4.69, 9.17) is 4.74 Å². The molecule has 4 aromatic rings. The van der Waals surface area contributed by atoms with Gasteiger partial charge in [-0.1, -0.05) is 64.5 Å². The monoisotopic (exact) mass is 421 g/mol. The van der Waals surface area contributed by atoms with Crippen LogP contribution >= 0.6 is 15.9 Å². The summed E-state index contributed by atoms with van der Waals surface area (Å²) in [5, 5.41) is 3.97. The second kappa shape index (κ2) is 7.20. The Morgan fingerprint density at radius 3 is 2.44 bits per heavy atom. The van der Waals surface area contributed by atoms with Gasteiger partial charge in [-0.2, -0.15) is 0 Å². The number of fused-ring (bicyclic) bond motifs is 2. The van der Waals surface area contributed by atoms with Crippen molar-refractivity contribution in [2.75, 3.05) is 6.61 Å². The van der Waals surface area contributed by atoms with E-state index in [0.29, 0.717) is 17.5 Å². The molecule has 0 bridgehead atoms. The van der Waals surface area contributed by atoms with Crippen molar-refractivity contribution in [3.8, 4) is 11.1 Å². The molecular weight excluding hydrogens is 402 g/mol. The van der Waals surface area contributed by atoms with E-state index >= 15 is 0 Å². The third-order valence-electron chi connectivity index (χ3n) is 5.01. The summed E-state index contributed by atoms with van der Waals surface area (Å²) in [6.07, 6.45) is 0. The van der Waals surface area contributed by atoms with Crippen molar-refractivity contribution in [1.82, 2.24) is 4.57 Å². The molecule has 0 unspecified atom stereocenters. The molecule has 0 atom stereocenters. The zero-order valence-corrected chi connectivity index (χ0v) is 16.9. The lowest BCUT2D eigenvalue weighted by atomic mass is 10.00. The van der Waals surface area contributed by atoms with Crippen LogP contribution in [0, 0.1) is 0 Å². The Labute approximate surface area is 166 Å². The Bertz CT molecular complexity index is 1160. The summed E-state index contributed by atoms with van der Waals surface area (Å²) in [5.74, 6) is -0.268. The molecule has 0 saturated carbocycles. The Balaban J connectivity index is 1.89. The fourth-order valence-corrected chi connectivity index (χ4v) is 4.28. The van der Waals surface area contributed by atoms with Gasteiger partial charge in [-0.15, -0.1) is 0 Å². The summed E-state index contributed by atoms with van der Waals surface area (Å²) in [5.41, 5.74) is 4.90. The molecule has 4 heteroatoms. The number of hydrogen-bond acceptors (Lipinski definition) is 2. The molecule has 3 nitrogen and oxygen atoms in total. The minimum atomic E-state index is -0.268. The fourth-order valence-electron chi connectivity index (χ4n) is 3.63. The Kier molecular flexibility index (Phi) is 4.75. The summed E-state index contributed by atoms with van der Waals surface area (Å²) in [6, 6.07) is 21.1. The first-order valence-electron chi connectivity index (χ1n) is 8.97. The van der Waals surface area contributed by atoms with Gasteiger partial charge in [0.25, 0.3) is 0 Å². The molecule has 0 aliphatic carbocycles. The molecule has 0 radical (unpaired) electrons. The standard InChI is InChI=1S/C23H20BrNO2/c1-3-27-23(26)22-19-11-10-18(13-20(19)25(2)21(22)14-24)17-9-8-15-6-4-5-7-16(15)12-17/h4-13H,3,14H2,1-2H3. The first-order chi connectivity index (χ1) is 13.1. The van der Waals surface area contributed by atoms with Crippen molar-refractivity contribution < 1.29 is 9.53 Å². The molecule has 27 heavy (non-hydrogen) atoms. The first-order valence-corrected chi connectivity index (χ1v) is 10.1. The van der Waals surface area contributed by atoms with Crippen LogP contribution in [-0.4, -0.2) is 17.1 Å². The Morgan fingerprint density at radius 2 is 1.70 bits per heavy atom. The highest BCUT2D eigenvalue weighted by atomic mass is 79.9. The van der Waals surface area contributed by atoms with Gasteiger partial charge in [-0.05, 0) is 41.0 Å². The molecule has 0 aliphatic rings. The predicted octanol–water partition coefficient (Wildman–Crippen LogP) is 6.07. The van der Waals surface area contributed by atoms with Crippen LogP contribution in [0.25, 0.3) is 32.8 Å². The minimum Gasteiger partial charge on any atom is -0.462 e. The van der Waals surface area contributed by atoms with Crippen molar-refractivity contribution in [2.45, 2.75) is 12.3 Å². The van der Waals surface area contributed by atoms with Gasteiger partial charge in [0.1, 0.15) is 0 Å². The smallest absolute Gasteiger partial charge is 0.340 e. The molecule has 0 fully saturated rings. The van der Waals surface area contributed by atoms with Gasteiger partial charge >= 0.3 is 5.97 Å². The van der Waals surface area contributed by atoms with Gasteiger partial charge in [-0.3, -0.25) is 0 Å². The largest absolute Gasteiger partial charge is 0.462 e. The van der Waals surface area contributed by atoms with Crippen LogP contribution in [0.4, 0.5) is 0 Å². The molecule has 0 spiro atoms. The molecule has 0 saturated heterocycles. The minimum absolute atomic E-state index is 0.268. The van der Waals surface area contributed by atoms with Crippen molar-refractivity contribution >= 4 is 43.6 Å². The van der Waals surface area contributed by atoms with E-state index in [2.05, 4.69) is 75.1 Å². The maximum Gasteiger partial charge on any atom is 0.340 e. The summed E-state index contributed by atoms with van der Waals surface area (Å²) in [6.45, 7) is 2.20. The van der Waals surface area contributed by atoms with E-state index in [1.807, 2.05) is 20.0 Å². The average molecular weight is 422 g/mol. The number of carbonyl (C=O) groups is 1. The maximum absolute atomic E-state index is 12.5. The van der Waals surface area contributed by atoms with Gasteiger partial charge in [0, 0.05) is 29.0 Å². The van der Waals surface area contributed by atoms with Crippen LogP contribution < -0.4 is 0 Å². The van der Waals surface area contributed by atoms with E-state index < -0.39 is 0 Å². The van der Waals surface area contributed by atoms with Gasteiger partial charge in [-0.25, -0.2) is 4.79 Å². The summed E-state index contributed by atoms with van der Waals surface area (Å²) < 4.78 is 7.35. The van der Waals surface area contributed by atoms with E-state index in [1.165, 1.54) is 10.8 Å². The summed E-state index contributed by atoms with van der Waals surface area (Å²) in [7, 11) is 1.99. The number of halogens is 1. The summed E-state index contributed by atoms with van der Waals surface area (Å²) >= 11 is 3.52. The third-order valence-corrected chi connectivity index (χ3v) is 5.54. The second-order valence-electron chi connectivity index (χ2n) is 6.53. The quantitative estimate of drug-likeness (QED) is 0.295. The maximum atomic E-state index is 12.5. The zero-order chi connectivity index (χ0) is 19.0. The number of alkyl halides is 1. The number of nitrogens with zero attached hydrogens (tertiary/aromatic N) is 1. The highest BCUT2D eigenvalue weighted by Gasteiger charge is 2.21. The molecule has 136 valence electrons. The lowest BCUT2D eigenvalue weighted by Gasteiger charge is -2.06. The highest BCUT2D eigenvalue weighted by Crippen LogP contribution is 2.32. The van der Waals surface area contributed by atoms with Crippen molar-refractivity contribution in [3.63, 3.8) is 0 Å². The van der Waals surface area contributed by atoms with E-state index in [9.17, 15) is 4.79 Å². The first kappa shape index (κ1) is 17.8. The molecule has 1 aromatic heterocycles. The number of rotatable bonds is 4. The molecule has 0 amide bonds. The van der Waals surface area contributed by atoms with Crippen LogP contribution in [-0.2, 0) is 17.1 Å². The molecule has 3 aromatic carbocycles.